The first kappa shape index (κ1) is 42.8. The molecule has 3 aromatic rings. The number of nitrogens with zero attached hydrogens (tertiary/aromatic N) is 4. The van der Waals surface area contributed by atoms with Gasteiger partial charge in [0.25, 0.3) is 0 Å². The second kappa shape index (κ2) is 18.8. The van der Waals surface area contributed by atoms with Crippen LogP contribution >= 0.6 is 0 Å². The van der Waals surface area contributed by atoms with Crippen molar-refractivity contribution < 1.29 is 38.2 Å². The quantitative estimate of drug-likeness (QED) is 0.138. The summed E-state index contributed by atoms with van der Waals surface area (Å²) in [7, 11) is 3.81. The molecule has 2 saturated heterocycles. The van der Waals surface area contributed by atoms with E-state index in [0.29, 0.717) is 60.1 Å². The summed E-state index contributed by atoms with van der Waals surface area (Å²) in [5.74, 6) is 12.5. The summed E-state index contributed by atoms with van der Waals surface area (Å²) in [6.45, 7) is 12.6. The number of carbonyl (C=O) groups excluding carboxylic acids is 5. The summed E-state index contributed by atoms with van der Waals surface area (Å²) in [5, 5.41) is 5.32. The molecule has 16 heteroatoms. The van der Waals surface area contributed by atoms with Crippen LogP contribution in [0.2, 0.25) is 0 Å². The molecule has 0 aliphatic carbocycles. The standard InChI is InChI=1S/C42H52N8O8/c1-23(2)34(47-41(54)57-8)38(51)49-21-25(5)16-32(49)36-43-19-29(45-36)14-11-27-10-12-28(31(18-27)40(53)56-7)13-15-30-20-44-37(46-30)33-17-26(6)22-50(33)39(52)35(24(3)4)48-42(55)58-9/h10,12,18-20,23-26,32-35H,16-17,21-22H2,1-9H3,(H,43,45)(H,44,46)(H,47,54)(H,48,55). The summed E-state index contributed by atoms with van der Waals surface area (Å²) < 4.78 is 14.6. The van der Waals surface area contributed by atoms with Crippen molar-refractivity contribution >= 4 is 30.0 Å². The molecule has 0 saturated carbocycles. The van der Waals surface area contributed by atoms with Crippen LogP contribution in [0.15, 0.2) is 30.6 Å². The molecular weight excluding hydrogens is 745 g/mol. The zero-order valence-corrected chi connectivity index (χ0v) is 34.4. The van der Waals surface area contributed by atoms with Crippen molar-refractivity contribution in [2.24, 2.45) is 23.7 Å². The number of methoxy groups -OCH3 is 3. The van der Waals surface area contributed by atoms with Gasteiger partial charge in [-0.05, 0) is 66.6 Å². The Labute approximate surface area is 338 Å². The minimum absolute atomic E-state index is 0.162. The number of alkyl carbamates (subject to hydrolysis) is 2. The predicted octanol–water partition coefficient (Wildman–Crippen LogP) is 4.30. The van der Waals surface area contributed by atoms with Gasteiger partial charge < -0.3 is 44.6 Å². The number of H-pyrrole nitrogens is 2. The number of carbonyl (C=O) groups is 5. The van der Waals surface area contributed by atoms with Gasteiger partial charge in [-0.15, -0.1) is 0 Å². The van der Waals surface area contributed by atoms with E-state index < -0.39 is 30.2 Å². The van der Waals surface area contributed by atoms with Crippen LogP contribution in [0.25, 0.3) is 0 Å². The topological polar surface area (TPSA) is 201 Å². The van der Waals surface area contributed by atoms with Gasteiger partial charge in [0.2, 0.25) is 11.8 Å². The zero-order valence-electron chi connectivity index (χ0n) is 34.4. The third-order valence-electron chi connectivity index (χ3n) is 10.3. The van der Waals surface area contributed by atoms with Gasteiger partial charge in [-0.25, -0.2) is 24.4 Å². The van der Waals surface area contributed by atoms with E-state index in [9.17, 15) is 24.0 Å². The average Bonchev–Trinajstić information content (AvgIpc) is 4.03. The van der Waals surface area contributed by atoms with E-state index in [0.717, 1.165) is 0 Å². The monoisotopic (exact) mass is 796 g/mol. The fraction of sp³-hybridized carbons (Fsp3) is 0.500. The van der Waals surface area contributed by atoms with Crippen LogP contribution < -0.4 is 10.6 Å². The van der Waals surface area contributed by atoms with E-state index in [1.807, 2.05) is 27.7 Å². The van der Waals surface area contributed by atoms with E-state index in [2.05, 4.69) is 68.1 Å². The summed E-state index contributed by atoms with van der Waals surface area (Å²) in [5.41, 5.74) is 2.18. The molecule has 16 nitrogen and oxygen atoms in total. The Morgan fingerprint density at radius 1 is 0.707 bits per heavy atom. The number of aromatic amines is 2. The molecule has 2 aliphatic heterocycles. The highest BCUT2D eigenvalue weighted by Crippen LogP contribution is 2.36. The molecule has 58 heavy (non-hydrogen) atoms. The average molecular weight is 797 g/mol. The highest BCUT2D eigenvalue weighted by atomic mass is 16.5. The van der Waals surface area contributed by atoms with Crippen LogP contribution in [-0.2, 0) is 23.8 Å². The molecular formula is C42H52N8O8. The molecule has 4 amide bonds. The second-order valence-electron chi connectivity index (χ2n) is 15.5. The number of hydrogen-bond acceptors (Lipinski definition) is 10. The maximum atomic E-state index is 13.6. The van der Waals surface area contributed by atoms with Gasteiger partial charge in [-0.3, -0.25) is 9.59 Å². The van der Waals surface area contributed by atoms with Crippen LogP contribution in [-0.4, -0.2) is 106 Å². The van der Waals surface area contributed by atoms with E-state index >= 15 is 0 Å². The molecule has 6 unspecified atom stereocenters. The van der Waals surface area contributed by atoms with Crippen molar-refractivity contribution in [1.82, 2.24) is 40.4 Å². The maximum Gasteiger partial charge on any atom is 0.407 e. The van der Waals surface area contributed by atoms with Gasteiger partial charge in [0, 0.05) is 24.2 Å². The number of imidazole rings is 2. The summed E-state index contributed by atoms with van der Waals surface area (Å²) in [6, 6.07) is 2.85. The Morgan fingerprint density at radius 2 is 1.17 bits per heavy atom. The Hall–Kier alpha value is -6.29. The number of hydrogen-bond donors (Lipinski definition) is 4. The minimum atomic E-state index is -0.762. The first-order chi connectivity index (χ1) is 27.6. The van der Waals surface area contributed by atoms with Crippen molar-refractivity contribution in [3.8, 4) is 23.7 Å². The molecule has 2 aromatic heterocycles. The summed E-state index contributed by atoms with van der Waals surface area (Å²) in [6.07, 6.45) is 3.21. The largest absolute Gasteiger partial charge is 0.465 e. The fourth-order valence-electron chi connectivity index (χ4n) is 7.28. The molecule has 2 aliphatic rings. The highest BCUT2D eigenvalue weighted by molar-refractivity contribution is 5.93. The van der Waals surface area contributed by atoms with Crippen LogP contribution in [0.4, 0.5) is 9.59 Å². The van der Waals surface area contributed by atoms with Crippen LogP contribution in [0.5, 0.6) is 0 Å². The van der Waals surface area contributed by atoms with E-state index in [1.165, 1.54) is 21.3 Å². The van der Waals surface area contributed by atoms with Gasteiger partial charge in [-0.1, -0.05) is 53.4 Å². The molecule has 0 bridgehead atoms. The Bertz CT molecular complexity index is 2140. The normalized spacial score (nSPS) is 19.7. The van der Waals surface area contributed by atoms with E-state index in [1.54, 1.807) is 40.4 Å². The molecule has 6 atom stereocenters. The van der Waals surface area contributed by atoms with Crippen molar-refractivity contribution in [2.45, 2.75) is 78.6 Å². The van der Waals surface area contributed by atoms with Gasteiger partial charge in [0.15, 0.2) is 0 Å². The number of amides is 4. The molecule has 308 valence electrons. The van der Waals surface area contributed by atoms with Crippen molar-refractivity contribution in [2.75, 3.05) is 34.4 Å². The first-order valence-corrected chi connectivity index (χ1v) is 19.3. The number of nitrogens with one attached hydrogen (secondary N) is 4. The van der Waals surface area contributed by atoms with E-state index in [-0.39, 0.29) is 53.1 Å². The molecule has 4 N–H and O–H groups in total. The van der Waals surface area contributed by atoms with Crippen molar-refractivity contribution in [1.29, 1.82) is 0 Å². The third kappa shape index (κ3) is 9.98. The van der Waals surface area contributed by atoms with Gasteiger partial charge in [0.05, 0.1) is 51.4 Å². The maximum absolute atomic E-state index is 13.6. The van der Waals surface area contributed by atoms with Gasteiger partial charge in [-0.2, -0.15) is 0 Å². The Balaban J connectivity index is 1.33. The number of rotatable bonds is 9. The van der Waals surface area contributed by atoms with Gasteiger partial charge in [0.1, 0.15) is 35.1 Å². The number of ether oxygens (including phenoxy) is 3. The molecule has 2 fully saturated rings. The summed E-state index contributed by atoms with van der Waals surface area (Å²) in [4.78, 5) is 83.2. The lowest BCUT2D eigenvalue weighted by molar-refractivity contribution is -0.136. The molecule has 0 spiro atoms. The number of likely N-dealkylation sites (tertiary alicyclic amines) is 2. The van der Waals surface area contributed by atoms with Crippen molar-refractivity contribution in [3.63, 3.8) is 0 Å². The van der Waals surface area contributed by atoms with Crippen LogP contribution in [0.3, 0.4) is 0 Å². The van der Waals surface area contributed by atoms with Crippen LogP contribution in [0.1, 0.15) is 111 Å². The van der Waals surface area contributed by atoms with Crippen molar-refractivity contribution in [3.05, 3.63) is 70.3 Å². The molecule has 4 heterocycles. The Kier molecular flexibility index (Phi) is 13.9. The minimum Gasteiger partial charge on any atom is -0.465 e. The molecule has 1 aromatic carbocycles. The zero-order chi connectivity index (χ0) is 42.3. The fourth-order valence-corrected chi connectivity index (χ4v) is 7.28. The predicted molar refractivity (Wildman–Crippen MR) is 212 cm³/mol. The van der Waals surface area contributed by atoms with Crippen LogP contribution in [0, 0.1) is 47.4 Å². The molecule has 5 rings (SSSR count). The first-order valence-electron chi connectivity index (χ1n) is 19.3. The lowest BCUT2D eigenvalue weighted by atomic mass is 10.0. The lowest BCUT2D eigenvalue weighted by Gasteiger charge is -2.30. The SMILES string of the molecule is COC(=O)NC(C(=O)N1CC(C)CC1c1ncc(C#Cc2ccc(C#Cc3cnc(C4CC(C)CN4C(=O)C(NC(=O)OC)C(C)C)[nH]3)c(C(=O)OC)c2)[nH]1)C(C)C. The van der Waals surface area contributed by atoms with E-state index in [4.69, 9.17) is 14.2 Å². The van der Waals surface area contributed by atoms with Gasteiger partial charge >= 0.3 is 18.2 Å². The third-order valence-corrected chi connectivity index (χ3v) is 10.3. The summed E-state index contributed by atoms with van der Waals surface area (Å²) >= 11 is 0. The lowest BCUT2D eigenvalue weighted by Crippen LogP contribution is -2.51. The number of aromatic nitrogens is 4. The molecule has 0 radical (unpaired) electrons. The number of esters is 1. The highest BCUT2D eigenvalue weighted by Gasteiger charge is 2.41. The Morgan fingerprint density at radius 3 is 1.60 bits per heavy atom. The number of benzene rings is 1. The second-order valence-corrected chi connectivity index (χ2v) is 15.5. The smallest absolute Gasteiger partial charge is 0.407 e.